The van der Waals surface area contributed by atoms with Crippen LogP contribution in [0.3, 0.4) is 0 Å². The largest absolute Gasteiger partial charge is 0.484 e. The number of hydrogen-bond donors (Lipinski definition) is 2. The second-order valence-corrected chi connectivity index (χ2v) is 10.7. The van der Waals surface area contributed by atoms with Gasteiger partial charge in [-0.2, -0.15) is 5.26 Å². The molecule has 0 bridgehead atoms. The van der Waals surface area contributed by atoms with E-state index in [1.54, 1.807) is 0 Å². The Morgan fingerprint density at radius 1 is 1.08 bits per heavy atom. The van der Waals surface area contributed by atoms with Crippen molar-refractivity contribution in [3.63, 3.8) is 0 Å². The van der Waals surface area contributed by atoms with Crippen LogP contribution >= 0.6 is 0 Å². The molecular weight excluding hydrogens is 480 g/mol. The molecular formula is C30H32N4O4. The molecule has 0 aliphatic heterocycles. The molecule has 0 spiro atoms. The van der Waals surface area contributed by atoms with E-state index >= 15 is 0 Å². The van der Waals surface area contributed by atoms with Crippen molar-refractivity contribution >= 4 is 28.6 Å². The number of fused-ring (bicyclic) bond motifs is 1. The number of carbonyl (C=O) groups is 2. The van der Waals surface area contributed by atoms with E-state index in [-0.39, 0.29) is 18.6 Å². The van der Waals surface area contributed by atoms with E-state index in [9.17, 15) is 14.9 Å². The van der Waals surface area contributed by atoms with E-state index in [1.807, 2.05) is 49.4 Å². The van der Waals surface area contributed by atoms with Crippen molar-refractivity contribution < 1.29 is 19.1 Å². The highest BCUT2D eigenvalue weighted by molar-refractivity contribution is 5.96. The molecule has 1 heterocycles. The first-order chi connectivity index (χ1) is 18.5. The third-order valence-electron chi connectivity index (χ3n) is 7.82. The van der Waals surface area contributed by atoms with Gasteiger partial charge < -0.3 is 19.4 Å². The predicted molar refractivity (Wildman–Crippen MR) is 144 cm³/mol. The number of amides is 2. The lowest BCUT2D eigenvalue weighted by molar-refractivity contribution is -0.123. The van der Waals surface area contributed by atoms with Gasteiger partial charge in [0.1, 0.15) is 17.9 Å². The highest BCUT2D eigenvalue weighted by Crippen LogP contribution is 2.43. The van der Waals surface area contributed by atoms with Gasteiger partial charge in [-0.15, -0.1) is 0 Å². The summed E-state index contributed by atoms with van der Waals surface area (Å²) in [6.07, 6.45) is 7.01. The molecule has 2 amide bonds. The molecule has 3 aliphatic carbocycles. The van der Waals surface area contributed by atoms with Gasteiger partial charge in [0.05, 0.1) is 16.8 Å². The third-order valence-corrected chi connectivity index (χ3v) is 7.82. The number of nitrogens with one attached hydrogen (secondary N) is 2. The molecule has 8 heteroatoms. The number of anilines is 1. The molecule has 0 radical (unpaired) electrons. The maximum Gasteiger partial charge on any atom is 0.411 e. The SMILES string of the molecule is C[C@@H](OC(=O)Nc1ccc(-c2c(C#N)c3ccc(OCC(=O)NC4CC4)cc3n2C2CCC2)cc1)C1CC1. The van der Waals surface area contributed by atoms with Gasteiger partial charge in [-0.1, -0.05) is 12.1 Å². The fraction of sp³-hybridized carbons (Fsp3) is 0.433. The summed E-state index contributed by atoms with van der Waals surface area (Å²) in [5.41, 5.74) is 3.96. The van der Waals surface area contributed by atoms with Crippen LogP contribution in [0.5, 0.6) is 5.75 Å². The van der Waals surface area contributed by atoms with Crippen molar-refractivity contribution in [3.8, 4) is 23.1 Å². The van der Waals surface area contributed by atoms with Crippen molar-refractivity contribution in [2.24, 2.45) is 5.92 Å². The zero-order chi connectivity index (χ0) is 26.2. The van der Waals surface area contributed by atoms with Gasteiger partial charge in [0.2, 0.25) is 0 Å². The van der Waals surface area contributed by atoms with Gasteiger partial charge in [-0.3, -0.25) is 10.1 Å². The quantitative estimate of drug-likeness (QED) is 0.371. The van der Waals surface area contributed by atoms with Crippen molar-refractivity contribution in [1.82, 2.24) is 9.88 Å². The topological polar surface area (TPSA) is 105 Å². The Kier molecular flexibility index (Phi) is 6.44. The fourth-order valence-corrected chi connectivity index (χ4v) is 5.14. The molecule has 3 fully saturated rings. The van der Waals surface area contributed by atoms with Crippen molar-refractivity contribution in [2.45, 2.75) is 70.1 Å². The highest BCUT2D eigenvalue weighted by atomic mass is 16.6. The summed E-state index contributed by atoms with van der Waals surface area (Å²) in [6.45, 7) is 1.91. The monoisotopic (exact) mass is 512 g/mol. The first-order valence-electron chi connectivity index (χ1n) is 13.6. The molecule has 196 valence electrons. The number of rotatable bonds is 9. The summed E-state index contributed by atoms with van der Waals surface area (Å²) in [5, 5.41) is 16.8. The standard InChI is InChI=1S/C30H32N4O4/c1-18(19-5-6-19)38-30(36)33-22-9-7-20(8-10-22)29-26(16-31)25-14-13-24(37-17-28(35)32-21-11-12-21)15-27(25)34(29)23-3-2-4-23/h7-10,13-15,18-19,21,23H,2-6,11-12,17H2,1H3,(H,32,35)(H,33,36)/t18-/m1/s1. The lowest BCUT2D eigenvalue weighted by Gasteiger charge is -2.30. The van der Waals surface area contributed by atoms with Crippen molar-refractivity contribution in [1.29, 1.82) is 5.26 Å². The minimum absolute atomic E-state index is 0.0273. The summed E-state index contributed by atoms with van der Waals surface area (Å²) in [4.78, 5) is 24.4. The zero-order valence-electron chi connectivity index (χ0n) is 21.5. The Hall–Kier alpha value is -3.99. The highest BCUT2D eigenvalue weighted by Gasteiger charge is 2.31. The molecule has 1 atom stereocenters. The van der Waals surface area contributed by atoms with Crippen LogP contribution in [0.2, 0.25) is 0 Å². The summed E-state index contributed by atoms with van der Waals surface area (Å²) < 4.78 is 13.5. The molecule has 2 aromatic carbocycles. The number of carbonyl (C=O) groups excluding carboxylic acids is 2. The first-order valence-corrected chi connectivity index (χ1v) is 13.6. The number of ether oxygens (including phenoxy) is 2. The summed E-state index contributed by atoms with van der Waals surface area (Å²) in [6, 6.07) is 16.2. The van der Waals surface area contributed by atoms with Crippen LogP contribution in [0.4, 0.5) is 10.5 Å². The van der Waals surface area contributed by atoms with Crippen molar-refractivity contribution in [3.05, 3.63) is 48.0 Å². The Bertz CT molecular complexity index is 1410. The number of hydrogen-bond acceptors (Lipinski definition) is 5. The number of aromatic nitrogens is 1. The maximum absolute atomic E-state index is 12.3. The Balaban J connectivity index is 1.27. The normalized spacial score (nSPS) is 17.8. The lowest BCUT2D eigenvalue weighted by Crippen LogP contribution is -2.30. The fourth-order valence-electron chi connectivity index (χ4n) is 5.14. The second kappa shape index (κ2) is 10.1. The van der Waals surface area contributed by atoms with E-state index in [0.29, 0.717) is 35.0 Å². The van der Waals surface area contributed by atoms with E-state index in [4.69, 9.17) is 9.47 Å². The molecule has 38 heavy (non-hydrogen) atoms. The smallest absolute Gasteiger partial charge is 0.411 e. The minimum atomic E-state index is -0.447. The Morgan fingerprint density at radius 3 is 2.47 bits per heavy atom. The van der Waals surface area contributed by atoms with Crippen LogP contribution in [-0.4, -0.2) is 35.3 Å². The molecule has 0 unspecified atom stereocenters. The van der Waals surface area contributed by atoms with E-state index < -0.39 is 6.09 Å². The first kappa shape index (κ1) is 24.4. The molecule has 1 aromatic heterocycles. The van der Waals surface area contributed by atoms with E-state index in [0.717, 1.165) is 67.1 Å². The van der Waals surface area contributed by atoms with E-state index in [1.165, 1.54) is 0 Å². The third kappa shape index (κ3) is 5.06. The molecule has 0 saturated heterocycles. The van der Waals surface area contributed by atoms with Crippen LogP contribution in [0.15, 0.2) is 42.5 Å². The molecule has 2 N–H and O–H groups in total. The van der Waals surface area contributed by atoms with Crippen LogP contribution in [0, 0.1) is 17.2 Å². The summed E-state index contributed by atoms with van der Waals surface area (Å²) >= 11 is 0. The van der Waals surface area contributed by atoms with Crippen LogP contribution < -0.4 is 15.4 Å². The lowest BCUT2D eigenvalue weighted by atomic mass is 9.92. The van der Waals surface area contributed by atoms with Gasteiger partial charge >= 0.3 is 6.09 Å². The Morgan fingerprint density at radius 2 is 1.84 bits per heavy atom. The van der Waals surface area contributed by atoms with Gasteiger partial charge in [0, 0.05) is 29.2 Å². The van der Waals surface area contributed by atoms with Gasteiger partial charge in [0.25, 0.3) is 5.91 Å². The predicted octanol–water partition coefficient (Wildman–Crippen LogP) is 5.91. The van der Waals surface area contributed by atoms with Crippen molar-refractivity contribution in [2.75, 3.05) is 11.9 Å². The summed E-state index contributed by atoms with van der Waals surface area (Å²) in [5.74, 6) is 0.975. The van der Waals surface area contributed by atoms with Gasteiger partial charge in [-0.25, -0.2) is 4.79 Å². The minimum Gasteiger partial charge on any atom is -0.484 e. The number of nitrogens with zero attached hydrogens (tertiary/aromatic N) is 2. The van der Waals surface area contributed by atoms with Crippen LogP contribution in [0.25, 0.3) is 22.2 Å². The van der Waals surface area contributed by atoms with Gasteiger partial charge in [0.15, 0.2) is 6.61 Å². The van der Waals surface area contributed by atoms with Crippen LogP contribution in [0.1, 0.15) is 63.5 Å². The second-order valence-electron chi connectivity index (χ2n) is 10.7. The molecule has 3 aromatic rings. The van der Waals surface area contributed by atoms with Crippen LogP contribution in [-0.2, 0) is 9.53 Å². The molecule has 6 rings (SSSR count). The van der Waals surface area contributed by atoms with Gasteiger partial charge in [-0.05, 0) is 87.6 Å². The molecule has 8 nitrogen and oxygen atoms in total. The van der Waals surface area contributed by atoms with E-state index in [2.05, 4.69) is 21.3 Å². The molecule has 3 aliphatic rings. The molecule has 3 saturated carbocycles. The summed E-state index contributed by atoms with van der Waals surface area (Å²) in [7, 11) is 0. The maximum atomic E-state index is 12.3. The average molecular weight is 513 g/mol. The number of benzene rings is 2. The zero-order valence-corrected chi connectivity index (χ0v) is 21.5. The number of nitriles is 1. The Labute approximate surface area is 221 Å². The average Bonchev–Trinajstić information content (AvgIpc) is 3.80.